The zero-order valence-electron chi connectivity index (χ0n) is 15.4. The number of hydrogen-bond donors (Lipinski definition) is 3. The van der Waals surface area contributed by atoms with Crippen molar-refractivity contribution < 1.29 is 9.90 Å². The number of halogens is 1. The van der Waals surface area contributed by atoms with Crippen molar-refractivity contribution in [3.63, 3.8) is 0 Å². The molecule has 3 aromatic carbocycles. The minimum atomic E-state index is -0.421. The molecule has 1 heterocycles. The Morgan fingerprint density at radius 2 is 1.79 bits per heavy atom. The zero-order chi connectivity index (χ0) is 19.7. The smallest absolute Gasteiger partial charge is 0.227 e. The number of aliphatic hydroxyl groups excluding tert-OH is 1. The van der Waals surface area contributed by atoms with Crippen LogP contribution in [0.15, 0.2) is 66.7 Å². The van der Waals surface area contributed by atoms with Crippen LogP contribution < -0.4 is 5.32 Å². The highest BCUT2D eigenvalue weighted by Crippen LogP contribution is 2.30. The van der Waals surface area contributed by atoms with Crippen molar-refractivity contribution in [1.82, 2.24) is 10.3 Å². The number of carbonyl (C=O) groups excluding carboxylic acids is 1. The summed E-state index contributed by atoms with van der Waals surface area (Å²) in [5.41, 5.74) is 3.77. The van der Waals surface area contributed by atoms with Crippen molar-refractivity contribution in [2.75, 3.05) is 6.61 Å². The van der Waals surface area contributed by atoms with E-state index in [4.69, 9.17) is 11.6 Å². The Bertz CT molecular complexity index is 1140. The Morgan fingerprint density at radius 1 is 1.00 bits per heavy atom. The molecule has 28 heavy (non-hydrogen) atoms. The number of amides is 1. The van der Waals surface area contributed by atoms with Gasteiger partial charge in [0.15, 0.2) is 0 Å². The van der Waals surface area contributed by atoms with Crippen LogP contribution in [0.1, 0.15) is 30.0 Å². The van der Waals surface area contributed by atoms with Crippen molar-refractivity contribution in [3.8, 4) is 0 Å². The number of nitrogens with one attached hydrogen (secondary N) is 2. The van der Waals surface area contributed by atoms with Gasteiger partial charge in [-0.25, -0.2) is 0 Å². The summed E-state index contributed by atoms with van der Waals surface area (Å²) in [5.74, 6) is -0.474. The molecule has 0 radical (unpaired) electrons. The lowest BCUT2D eigenvalue weighted by atomic mass is 9.97. The summed E-state index contributed by atoms with van der Waals surface area (Å²) in [4.78, 5) is 16.2. The van der Waals surface area contributed by atoms with Crippen LogP contribution in [0.2, 0.25) is 5.02 Å². The Balaban J connectivity index is 1.60. The number of benzene rings is 3. The minimum absolute atomic E-state index is 0.124. The Kier molecular flexibility index (Phi) is 5.07. The molecule has 4 aromatic rings. The average molecular weight is 393 g/mol. The fourth-order valence-corrected chi connectivity index (χ4v) is 3.70. The first kappa shape index (κ1) is 18.5. The van der Waals surface area contributed by atoms with Crippen LogP contribution in [0.25, 0.3) is 21.8 Å². The number of rotatable bonds is 5. The molecule has 3 N–H and O–H groups in total. The number of fused-ring (bicyclic) bond motifs is 3. The molecule has 142 valence electrons. The number of hydrogen-bond acceptors (Lipinski definition) is 2. The van der Waals surface area contributed by atoms with Gasteiger partial charge in [0.2, 0.25) is 5.91 Å². The first-order valence-corrected chi connectivity index (χ1v) is 9.61. The highest BCUT2D eigenvalue weighted by Gasteiger charge is 2.20. The molecule has 4 nitrogen and oxygen atoms in total. The third-order valence-corrected chi connectivity index (χ3v) is 5.41. The Morgan fingerprint density at radius 3 is 2.54 bits per heavy atom. The third-order valence-electron chi connectivity index (χ3n) is 5.18. The van der Waals surface area contributed by atoms with E-state index < -0.39 is 6.04 Å². The molecular formula is C23H21ClN2O2. The molecular weight excluding hydrogens is 372 g/mol. The molecule has 0 bridgehead atoms. The molecule has 5 heteroatoms. The van der Waals surface area contributed by atoms with Crippen molar-refractivity contribution in [3.05, 3.63) is 82.9 Å². The second-order valence-electron chi connectivity index (χ2n) is 7.00. The molecule has 0 saturated carbocycles. The predicted molar refractivity (Wildman–Crippen MR) is 114 cm³/mol. The van der Waals surface area contributed by atoms with E-state index in [0.29, 0.717) is 5.02 Å². The lowest BCUT2D eigenvalue weighted by Gasteiger charge is -2.20. The van der Waals surface area contributed by atoms with E-state index >= 15 is 0 Å². The molecule has 0 aliphatic heterocycles. The summed E-state index contributed by atoms with van der Waals surface area (Å²) in [5, 5.41) is 15.5. The molecule has 1 aromatic heterocycles. The summed E-state index contributed by atoms with van der Waals surface area (Å²) < 4.78 is 0. The first-order valence-electron chi connectivity index (χ1n) is 9.24. The van der Waals surface area contributed by atoms with E-state index in [0.717, 1.165) is 32.9 Å². The second kappa shape index (κ2) is 7.66. The molecule has 0 aliphatic carbocycles. The monoisotopic (exact) mass is 392 g/mol. The predicted octanol–water partition coefficient (Wildman–Crippen LogP) is 4.93. The standard InChI is InChI=1S/C23H21ClN2O2/c1-14(23(28)26-22(13-27)15-5-3-2-4-6-15)16-7-9-18-19-12-17(24)8-10-20(19)25-21(18)11-16/h2-12,14,22,25,27H,13H2,1H3,(H,26,28)/t14-,22-/m1/s1. The van der Waals surface area contributed by atoms with Crippen LogP contribution in [0, 0.1) is 0 Å². The summed E-state index contributed by atoms with van der Waals surface area (Å²) in [6.07, 6.45) is 0. The van der Waals surface area contributed by atoms with Gasteiger partial charge in [-0.1, -0.05) is 54.1 Å². The van der Waals surface area contributed by atoms with Crippen molar-refractivity contribution in [2.24, 2.45) is 0 Å². The van der Waals surface area contributed by atoms with Crippen LogP contribution in [-0.2, 0) is 4.79 Å². The third kappa shape index (κ3) is 3.49. The van der Waals surface area contributed by atoms with Gasteiger partial charge in [-0.2, -0.15) is 0 Å². The van der Waals surface area contributed by atoms with Gasteiger partial charge in [0.05, 0.1) is 18.6 Å². The maximum atomic E-state index is 12.8. The molecule has 4 rings (SSSR count). The molecule has 0 aliphatic rings. The van der Waals surface area contributed by atoms with Crippen LogP contribution in [0.4, 0.5) is 0 Å². The maximum absolute atomic E-state index is 12.8. The molecule has 2 atom stereocenters. The van der Waals surface area contributed by atoms with Gasteiger partial charge in [0.25, 0.3) is 0 Å². The SMILES string of the molecule is C[C@@H](C(=O)N[C@H](CO)c1ccccc1)c1ccc2c(c1)[nH]c1ccc(Cl)cc12. The first-order chi connectivity index (χ1) is 13.6. The number of carbonyl (C=O) groups is 1. The van der Waals surface area contributed by atoms with E-state index in [9.17, 15) is 9.90 Å². The van der Waals surface area contributed by atoms with E-state index in [1.807, 2.05) is 73.7 Å². The summed E-state index contributed by atoms with van der Waals surface area (Å²) in [7, 11) is 0. The fourth-order valence-electron chi connectivity index (χ4n) is 3.53. The Labute approximate surface area is 168 Å². The molecule has 0 saturated heterocycles. The van der Waals surface area contributed by atoms with Crippen LogP contribution >= 0.6 is 11.6 Å². The summed E-state index contributed by atoms with van der Waals surface area (Å²) >= 11 is 6.12. The van der Waals surface area contributed by atoms with Gasteiger partial charge in [-0.05, 0) is 42.3 Å². The molecule has 0 fully saturated rings. The quantitative estimate of drug-likeness (QED) is 0.451. The second-order valence-corrected chi connectivity index (χ2v) is 7.43. The van der Waals surface area contributed by atoms with E-state index in [-0.39, 0.29) is 18.4 Å². The van der Waals surface area contributed by atoms with Gasteiger partial charge in [0.1, 0.15) is 0 Å². The number of aromatic nitrogens is 1. The van der Waals surface area contributed by atoms with Gasteiger partial charge in [-0.3, -0.25) is 4.79 Å². The van der Waals surface area contributed by atoms with E-state index in [1.165, 1.54) is 0 Å². The fraction of sp³-hybridized carbons (Fsp3) is 0.174. The highest BCUT2D eigenvalue weighted by atomic mass is 35.5. The lowest BCUT2D eigenvalue weighted by Crippen LogP contribution is -2.33. The normalized spacial score (nSPS) is 13.5. The van der Waals surface area contributed by atoms with Gasteiger partial charge in [-0.15, -0.1) is 0 Å². The van der Waals surface area contributed by atoms with Crippen LogP contribution in [-0.4, -0.2) is 22.6 Å². The number of aliphatic hydroxyl groups is 1. The number of aromatic amines is 1. The van der Waals surface area contributed by atoms with E-state index in [1.54, 1.807) is 0 Å². The maximum Gasteiger partial charge on any atom is 0.227 e. The largest absolute Gasteiger partial charge is 0.394 e. The molecule has 1 amide bonds. The van der Waals surface area contributed by atoms with Crippen LogP contribution in [0.5, 0.6) is 0 Å². The summed E-state index contributed by atoms with van der Waals surface area (Å²) in [6, 6.07) is 20.8. The van der Waals surface area contributed by atoms with Crippen molar-refractivity contribution in [1.29, 1.82) is 0 Å². The lowest BCUT2D eigenvalue weighted by molar-refractivity contribution is -0.123. The highest BCUT2D eigenvalue weighted by molar-refractivity contribution is 6.31. The molecule has 0 unspecified atom stereocenters. The Hall–Kier alpha value is -2.82. The number of H-pyrrole nitrogens is 1. The summed E-state index contributed by atoms with van der Waals surface area (Å²) in [6.45, 7) is 1.72. The van der Waals surface area contributed by atoms with Crippen molar-refractivity contribution in [2.45, 2.75) is 18.9 Å². The topological polar surface area (TPSA) is 65.1 Å². The minimum Gasteiger partial charge on any atom is -0.394 e. The van der Waals surface area contributed by atoms with Gasteiger partial charge in [0, 0.05) is 26.8 Å². The van der Waals surface area contributed by atoms with Gasteiger partial charge < -0.3 is 15.4 Å². The zero-order valence-corrected chi connectivity index (χ0v) is 16.2. The molecule has 0 spiro atoms. The van der Waals surface area contributed by atoms with Gasteiger partial charge >= 0.3 is 0 Å². The van der Waals surface area contributed by atoms with Crippen molar-refractivity contribution >= 4 is 39.3 Å². The van der Waals surface area contributed by atoms with E-state index in [2.05, 4.69) is 10.3 Å². The average Bonchev–Trinajstić information content (AvgIpc) is 3.08. The van der Waals surface area contributed by atoms with Crippen LogP contribution in [0.3, 0.4) is 0 Å².